The summed E-state index contributed by atoms with van der Waals surface area (Å²) in [7, 11) is -2.74. The predicted molar refractivity (Wildman–Crippen MR) is 61.1 cm³/mol. The van der Waals surface area contributed by atoms with Gasteiger partial charge in [0, 0.05) is 7.05 Å². The third-order valence-corrected chi connectivity index (χ3v) is 3.67. The summed E-state index contributed by atoms with van der Waals surface area (Å²) in [5.74, 6) is -4.37. The molecule has 0 spiro atoms. The summed E-state index contributed by atoms with van der Waals surface area (Å²) in [6.07, 6.45) is 0. The molecule has 0 fully saturated rings. The molecule has 0 unspecified atom stereocenters. The first kappa shape index (κ1) is 14.4. The first-order valence-electron chi connectivity index (χ1n) is 4.75. The number of halogens is 2. The van der Waals surface area contributed by atoms with Crippen LogP contribution in [0.1, 0.15) is 10.4 Å². The highest BCUT2D eigenvalue weighted by molar-refractivity contribution is 7.93. The van der Waals surface area contributed by atoms with Gasteiger partial charge in [0.25, 0.3) is 10.0 Å². The topological polar surface area (TPSA) is 63.7 Å². The molecule has 0 amide bonds. The van der Waals surface area contributed by atoms with E-state index in [1.54, 1.807) is 0 Å². The second-order valence-corrected chi connectivity index (χ2v) is 5.22. The Balaban J connectivity index is 3.30. The van der Waals surface area contributed by atoms with Gasteiger partial charge < -0.3 is 4.74 Å². The van der Waals surface area contributed by atoms with Crippen LogP contribution in [0.5, 0.6) is 0 Å². The number of esters is 1. The van der Waals surface area contributed by atoms with Crippen molar-refractivity contribution in [3.8, 4) is 0 Å². The Morgan fingerprint density at radius 2 is 1.89 bits per heavy atom. The fraction of sp³-hybridized carbons (Fsp3) is 0.300. The summed E-state index contributed by atoms with van der Waals surface area (Å²) in [4.78, 5) is 11.4. The number of nitrogens with zero attached hydrogens (tertiary/aromatic N) is 1. The lowest BCUT2D eigenvalue weighted by Gasteiger charge is -2.20. The smallest absolute Gasteiger partial charge is 0.355 e. The van der Waals surface area contributed by atoms with E-state index in [9.17, 15) is 22.0 Å². The van der Waals surface area contributed by atoms with Gasteiger partial charge in [0.15, 0.2) is 0 Å². The van der Waals surface area contributed by atoms with Gasteiger partial charge in [-0.3, -0.25) is 4.31 Å². The summed E-state index contributed by atoms with van der Waals surface area (Å²) in [5, 5.41) is 0. The maximum atomic E-state index is 12.4. The Labute approximate surface area is 103 Å². The molecule has 1 rings (SSSR count). The van der Waals surface area contributed by atoms with Gasteiger partial charge in [-0.25, -0.2) is 13.2 Å². The van der Waals surface area contributed by atoms with Gasteiger partial charge in [-0.05, 0) is 12.1 Å². The summed E-state index contributed by atoms with van der Waals surface area (Å²) in [5.41, 5.74) is -0.267. The molecule has 0 bridgehead atoms. The minimum Gasteiger partial charge on any atom is -0.465 e. The number of hydrogen-bond acceptors (Lipinski definition) is 4. The second kappa shape index (κ2) is 5.30. The highest BCUT2D eigenvalue weighted by atomic mass is 32.2. The minimum atomic E-state index is -4.80. The van der Waals surface area contributed by atoms with Crippen molar-refractivity contribution in [1.82, 2.24) is 0 Å². The number of ether oxygens (including phenoxy) is 1. The van der Waals surface area contributed by atoms with E-state index in [-0.39, 0.29) is 11.3 Å². The molecule has 1 aromatic carbocycles. The van der Waals surface area contributed by atoms with E-state index < -0.39 is 21.8 Å². The third kappa shape index (κ3) is 2.58. The molecule has 0 aliphatic heterocycles. The lowest BCUT2D eigenvalue weighted by atomic mass is 10.2. The Morgan fingerprint density at radius 3 is 2.39 bits per heavy atom. The number of carbonyl (C=O) groups excluding carboxylic acids is 1. The molecule has 0 heterocycles. The molecular weight excluding hydrogens is 268 g/mol. The van der Waals surface area contributed by atoms with E-state index in [1.165, 1.54) is 24.3 Å². The van der Waals surface area contributed by atoms with E-state index in [2.05, 4.69) is 4.74 Å². The van der Waals surface area contributed by atoms with E-state index >= 15 is 0 Å². The average Bonchev–Trinajstić information content (AvgIpc) is 2.36. The number of hydrogen-bond donors (Lipinski definition) is 0. The fourth-order valence-electron chi connectivity index (χ4n) is 1.29. The van der Waals surface area contributed by atoms with Crippen LogP contribution in [-0.2, 0) is 14.8 Å². The van der Waals surface area contributed by atoms with E-state index in [1.807, 2.05) is 0 Å². The van der Waals surface area contributed by atoms with Gasteiger partial charge >= 0.3 is 11.7 Å². The number of anilines is 1. The number of benzene rings is 1. The zero-order valence-electron chi connectivity index (χ0n) is 9.63. The molecule has 18 heavy (non-hydrogen) atoms. The zero-order chi connectivity index (χ0) is 13.9. The molecule has 8 heteroatoms. The van der Waals surface area contributed by atoms with Crippen LogP contribution < -0.4 is 4.31 Å². The second-order valence-electron chi connectivity index (χ2n) is 3.28. The van der Waals surface area contributed by atoms with Gasteiger partial charge in [-0.1, -0.05) is 12.1 Å². The minimum absolute atomic E-state index is 0.105. The molecule has 0 aliphatic carbocycles. The number of methoxy groups -OCH3 is 1. The Kier molecular flexibility index (Phi) is 4.23. The fourth-order valence-corrected chi connectivity index (χ4v) is 1.96. The zero-order valence-corrected chi connectivity index (χ0v) is 10.4. The molecule has 0 aliphatic rings. The van der Waals surface area contributed by atoms with Crippen molar-refractivity contribution in [2.75, 3.05) is 18.5 Å². The lowest BCUT2D eigenvalue weighted by Crippen LogP contribution is -2.33. The Morgan fingerprint density at radius 1 is 1.33 bits per heavy atom. The van der Waals surface area contributed by atoms with Crippen molar-refractivity contribution in [1.29, 1.82) is 0 Å². The lowest BCUT2D eigenvalue weighted by molar-refractivity contribution is 0.0601. The molecule has 5 nitrogen and oxygen atoms in total. The van der Waals surface area contributed by atoms with Crippen LogP contribution in [0.15, 0.2) is 24.3 Å². The summed E-state index contributed by atoms with van der Waals surface area (Å²) in [6, 6.07) is 5.43. The van der Waals surface area contributed by atoms with Gasteiger partial charge in [-0.15, -0.1) is 0 Å². The molecule has 100 valence electrons. The number of carbonyl (C=O) groups is 1. The van der Waals surface area contributed by atoms with E-state index in [0.29, 0.717) is 4.31 Å². The standard InChI is InChI=1S/C10H11F2NO4S/c1-13(18(15,16)10(11)12)8-6-4-3-5-7(8)9(14)17-2/h3-6,10H,1-2H3. The van der Waals surface area contributed by atoms with Crippen molar-refractivity contribution in [2.45, 2.75) is 5.76 Å². The van der Waals surface area contributed by atoms with Gasteiger partial charge in [0.05, 0.1) is 18.4 Å². The Bertz CT molecular complexity index is 545. The molecule has 0 atom stereocenters. The number of alkyl halides is 2. The van der Waals surface area contributed by atoms with Crippen molar-refractivity contribution in [3.63, 3.8) is 0 Å². The highest BCUT2D eigenvalue weighted by Crippen LogP contribution is 2.24. The summed E-state index contributed by atoms with van der Waals surface area (Å²) < 4.78 is 52.3. The van der Waals surface area contributed by atoms with Crippen molar-refractivity contribution in [3.05, 3.63) is 29.8 Å². The SMILES string of the molecule is COC(=O)c1ccccc1N(C)S(=O)(=O)C(F)F. The van der Waals surface area contributed by atoms with Crippen LogP contribution in [0.3, 0.4) is 0 Å². The number of rotatable bonds is 4. The molecule has 0 saturated carbocycles. The average molecular weight is 279 g/mol. The maximum absolute atomic E-state index is 12.4. The molecule has 0 saturated heterocycles. The molecule has 0 radical (unpaired) electrons. The van der Waals surface area contributed by atoms with Crippen LogP contribution >= 0.6 is 0 Å². The van der Waals surface area contributed by atoms with Gasteiger partial charge in [0.1, 0.15) is 0 Å². The van der Waals surface area contributed by atoms with Crippen molar-refractivity contribution >= 4 is 21.7 Å². The van der Waals surface area contributed by atoms with Gasteiger partial charge in [0.2, 0.25) is 0 Å². The maximum Gasteiger partial charge on any atom is 0.355 e. The first-order chi connectivity index (χ1) is 8.32. The molecule has 1 aromatic rings. The molecule has 0 N–H and O–H groups in total. The number of sulfonamides is 1. The largest absolute Gasteiger partial charge is 0.465 e. The molecule has 0 aromatic heterocycles. The summed E-state index contributed by atoms with van der Waals surface area (Å²) >= 11 is 0. The number of para-hydroxylation sites is 1. The van der Waals surface area contributed by atoms with Crippen molar-refractivity contribution < 1.29 is 26.7 Å². The van der Waals surface area contributed by atoms with Crippen molar-refractivity contribution in [2.24, 2.45) is 0 Å². The quantitative estimate of drug-likeness (QED) is 0.783. The van der Waals surface area contributed by atoms with Crippen LogP contribution in [0.25, 0.3) is 0 Å². The normalized spacial score (nSPS) is 11.4. The molecular formula is C10H11F2NO4S. The van der Waals surface area contributed by atoms with Crippen LogP contribution in [0, 0.1) is 0 Å². The van der Waals surface area contributed by atoms with Gasteiger partial charge in [-0.2, -0.15) is 8.78 Å². The monoisotopic (exact) mass is 279 g/mol. The van der Waals surface area contributed by atoms with E-state index in [0.717, 1.165) is 14.2 Å². The van der Waals surface area contributed by atoms with E-state index in [4.69, 9.17) is 0 Å². The predicted octanol–water partition coefficient (Wildman–Crippen LogP) is 1.46. The first-order valence-corrected chi connectivity index (χ1v) is 6.26. The highest BCUT2D eigenvalue weighted by Gasteiger charge is 2.31. The van der Waals surface area contributed by atoms with Crippen LogP contribution in [0.4, 0.5) is 14.5 Å². The summed E-state index contributed by atoms with van der Waals surface area (Å²) in [6.45, 7) is 0. The third-order valence-electron chi connectivity index (χ3n) is 2.26. The van der Waals surface area contributed by atoms with Crippen LogP contribution in [0.2, 0.25) is 0 Å². The Hall–Kier alpha value is -1.70. The van der Waals surface area contributed by atoms with Crippen LogP contribution in [-0.4, -0.2) is 34.3 Å².